The second-order valence-corrected chi connectivity index (χ2v) is 9.27. The van der Waals surface area contributed by atoms with Crippen molar-refractivity contribution in [2.75, 3.05) is 36.9 Å². The normalized spacial score (nSPS) is 14.7. The van der Waals surface area contributed by atoms with Gasteiger partial charge in [-0.05, 0) is 55.3 Å². The number of rotatable bonds is 6. The third kappa shape index (κ3) is 6.18. The van der Waals surface area contributed by atoms with E-state index in [1.165, 1.54) is 0 Å². The minimum atomic E-state index is -4.64. The van der Waals surface area contributed by atoms with Gasteiger partial charge in [-0.2, -0.15) is 13.2 Å². The van der Waals surface area contributed by atoms with Crippen LogP contribution in [0.4, 0.5) is 24.5 Å². The van der Waals surface area contributed by atoms with Crippen LogP contribution in [0.15, 0.2) is 72.8 Å². The Balaban J connectivity index is 1.57. The van der Waals surface area contributed by atoms with Gasteiger partial charge in [0.2, 0.25) is 5.91 Å². The lowest BCUT2D eigenvalue weighted by Crippen LogP contribution is -2.56. The van der Waals surface area contributed by atoms with Crippen molar-refractivity contribution >= 4 is 23.2 Å². The molecule has 0 saturated carbocycles. The SMILES string of the molecule is CC(C)(C(=O)Nc1cc(C(F)(F)F)ccc1C(=O)Nc1ccc(-c2ccccc2)cc1)N1CCOCC1. The maximum absolute atomic E-state index is 13.5. The monoisotopic (exact) mass is 511 g/mol. The first kappa shape index (κ1) is 26.4. The van der Waals surface area contributed by atoms with E-state index in [0.29, 0.717) is 32.0 Å². The number of halogens is 3. The zero-order valence-corrected chi connectivity index (χ0v) is 20.6. The molecule has 9 heteroatoms. The number of hydrogen-bond acceptors (Lipinski definition) is 4. The second kappa shape index (κ2) is 10.7. The fourth-order valence-corrected chi connectivity index (χ4v) is 4.14. The van der Waals surface area contributed by atoms with Crippen LogP contribution in [0.3, 0.4) is 0 Å². The van der Waals surface area contributed by atoms with Gasteiger partial charge in [-0.1, -0.05) is 42.5 Å². The molecule has 0 spiro atoms. The van der Waals surface area contributed by atoms with E-state index in [0.717, 1.165) is 29.3 Å². The van der Waals surface area contributed by atoms with Crippen LogP contribution in [-0.4, -0.2) is 48.6 Å². The van der Waals surface area contributed by atoms with Crippen LogP contribution < -0.4 is 10.6 Å². The molecule has 6 nitrogen and oxygen atoms in total. The van der Waals surface area contributed by atoms with Crippen LogP contribution in [0.5, 0.6) is 0 Å². The molecule has 1 aliphatic rings. The summed E-state index contributed by atoms with van der Waals surface area (Å²) in [6.07, 6.45) is -4.64. The molecule has 2 N–H and O–H groups in total. The first-order valence-corrected chi connectivity index (χ1v) is 11.9. The van der Waals surface area contributed by atoms with E-state index < -0.39 is 29.1 Å². The van der Waals surface area contributed by atoms with Crippen LogP contribution in [0, 0.1) is 0 Å². The molecule has 0 aliphatic carbocycles. The minimum Gasteiger partial charge on any atom is -0.379 e. The molecule has 2 amide bonds. The van der Waals surface area contributed by atoms with Gasteiger partial charge < -0.3 is 15.4 Å². The molecule has 4 rings (SSSR count). The molecular weight excluding hydrogens is 483 g/mol. The molecule has 0 atom stereocenters. The van der Waals surface area contributed by atoms with E-state index in [2.05, 4.69) is 10.6 Å². The number of alkyl halides is 3. The number of ether oxygens (including phenoxy) is 1. The van der Waals surface area contributed by atoms with E-state index in [1.807, 2.05) is 47.4 Å². The summed E-state index contributed by atoms with van der Waals surface area (Å²) in [7, 11) is 0. The van der Waals surface area contributed by atoms with E-state index in [9.17, 15) is 22.8 Å². The topological polar surface area (TPSA) is 70.7 Å². The Morgan fingerprint density at radius 1 is 0.838 bits per heavy atom. The van der Waals surface area contributed by atoms with Gasteiger partial charge in [0.1, 0.15) is 0 Å². The maximum Gasteiger partial charge on any atom is 0.416 e. The van der Waals surface area contributed by atoms with Crippen molar-refractivity contribution in [3.05, 3.63) is 83.9 Å². The van der Waals surface area contributed by atoms with Crippen LogP contribution in [0.25, 0.3) is 11.1 Å². The molecule has 1 heterocycles. The van der Waals surface area contributed by atoms with Crippen LogP contribution >= 0.6 is 0 Å². The number of carbonyl (C=O) groups is 2. The predicted molar refractivity (Wildman–Crippen MR) is 136 cm³/mol. The number of benzene rings is 3. The van der Waals surface area contributed by atoms with E-state index in [4.69, 9.17) is 4.74 Å². The zero-order valence-electron chi connectivity index (χ0n) is 20.6. The van der Waals surface area contributed by atoms with E-state index in [1.54, 1.807) is 26.0 Å². The van der Waals surface area contributed by atoms with Gasteiger partial charge in [-0.25, -0.2) is 0 Å². The summed E-state index contributed by atoms with van der Waals surface area (Å²) in [5.74, 6) is -1.16. The summed E-state index contributed by atoms with van der Waals surface area (Å²) in [5.41, 5.74) is 0.151. The average Bonchev–Trinajstić information content (AvgIpc) is 2.89. The lowest BCUT2D eigenvalue weighted by molar-refractivity contribution is -0.137. The number of amides is 2. The van der Waals surface area contributed by atoms with Crippen molar-refractivity contribution in [2.45, 2.75) is 25.6 Å². The van der Waals surface area contributed by atoms with Crippen molar-refractivity contribution in [3.63, 3.8) is 0 Å². The van der Waals surface area contributed by atoms with Gasteiger partial charge in [-0.3, -0.25) is 14.5 Å². The Morgan fingerprint density at radius 2 is 1.46 bits per heavy atom. The standard InChI is InChI=1S/C28H28F3N3O3/c1-27(2,34-14-16-37-17-15-34)26(36)33-24-18-21(28(29,30)31)10-13-23(24)25(35)32-22-11-8-20(9-12-22)19-6-4-3-5-7-19/h3-13,18H,14-17H2,1-2H3,(H,32,35)(H,33,36). The third-order valence-electron chi connectivity index (χ3n) is 6.45. The Morgan fingerprint density at radius 3 is 2.08 bits per heavy atom. The number of anilines is 2. The summed E-state index contributed by atoms with van der Waals surface area (Å²) in [6, 6.07) is 19.5. The second-order valence-electron chi connectivity index (χ2n) is 9.27. The summed E-state index contributed by atoms with van der Waals surface area (Å²) < 4.78 is 45.7. The highest BCUT2D eigenvalue weighted by molar-refractivity contribution is 6.11. The highest BCUT2D eigenvalue weighted by atomic mass is 19.4. The van der Waals surface area contributed by atoms with Crippen LogP contribution in [0.2, 0.25) is 0 Å². The third-order valence-corrected chi connectivity index (χ3v) is 6.45. The lowest BCUT2D eigenvalue weighted by Gasteiger charge is -2.39. The van der Waals surface area contributed by atoms with Crippen LogP contribution in [0.1, 0.15) is 29.8 Å². The molecule has 37 heavy (non-hydrogen) atoms. The van der Waals surface area contributed by atoms with Gasteiger partial charge in [0.25, 0.3) is 5.91 Å². The van der Waals surface area contributed by atoms with Crippen molar-refractivity contribution in [1.29, 1.82) is 0 Å². The summed E-state index contributed by atoms with van der Waals surface area (Å²) >= 11 is 0. The number of morpholine rings is 1. The van der Waals surface area contributed by atoms with Crippen molar-refractivity contribution < 1.29 is 27.5 Å². The molecule has 1 saturated heterocycles. The molecule has 1 aliphatic heterocycles. The fraction of sp³-hybridized carbons (Fsp3) is 0.286. The number of nitrogens with one attached hydrogen (secondary N) is 2. The summed E-state index contributed by atoms with van der Waals surface area (Å²) in [4.78, 5) is 28.2. The minimum absolute atomic E-state index is 0.0775. The number of carbonyl (C=O) groups excluding carboxylic acids is 2. The summed E-state index contributed by atoms with van der Waals surface area (Å²) in [5, 5.41) is 5.29. The highest BCUT2D eigenvalue weighted by Gasteiger charge is 2.37. The van der Waals surface area contributed by atoms with E-state index >= 15 is 0 Å². The van der Waals surface area contributed by atoms with E-state index in [-0.39, 0.29) is 11.3 Å². The molecule has 0 aromatic heterocycles. The molecule has 3 aromatic carbocycles. The molecule has 194 valence electrons. The Labute approximate surface area is 213 Å². The van der Waals surface area contributed by atoms with Gasteiger partial charge in [0, 0.05) is 18.8 Å². The Kier molecular flexibility index (Phi) is 7.65. The van der Waals surface area contributed by atoms with Crippen molar-refractivity contribution in [1.82, 2.24) is 4.90 Å². The zero-order chi connectivity index (χ0) is 26.6. The molecule has 0 unspecified atom stereocenters. The van der Waals surface area contributed by atoms with Crippen molar-refractivity contribution in [3.8, 4) is 11.1 Å². The van der Waals surface area contributed by atoms with Crippen LogP contribution in [-0.2, 0) is 15.7 Å². The van der Waals surface area contributed by atoms with Gasteiger partial charge in [-0.15, -0.1) is 0 Å². The average molecular weight is 512 g/mol. The maximum atomic E-state index is 13.5. The largest absolute Gasteiger partial charge is 0.416 e. The predicted octanol–water partition coefficient (Wildman–Crippen LogP) is 5.67. The molecule has 0 bridgehead atoms. The smallest absolute Gasteiger partial charge is 0.379 e. The molecule has 3 aromatic rings. The van der Waals surface area contributed by atoms with Gasteiger partial charge >= 0.3 is 6.18 Å². The van der Waals surface area contributed by atoms with Crippen molar-refractivity contribution in [2.24, 2.45) is 0 Å². The molecule has 1 fully saturated rings. The summed E-state index contributed by atoms with van der Waals surface area (Å²) in [6.45, 7) is 5.31. The first-order chi connectivity index (χ1) is 17.6. The molecular formula is C28H28F3N3O3. The fourth-order valence-electron chi connectivity index (χ4n) is 4.14. The van der Waals surface area contributed by atoms with Gasteiger partial charge in [0.05, 0.1) is 35.6 Å². The first-order valence-electron chi connectivity index (χ1n) is 11.9. The molecule has 0 radical (unpaired) electrons. The Bertz CT molecular complexity index is 1250. The lowest BCUT2D eigenvalue weighted by atomic mass is 9.99. The highest BCUT2D eigenvalue weighted by Crippen LogP contribution is 2.33. The number of hydrogen-bond donors (Lipinski definition) is 2. The van der Waals surface area contributed by atoms with Gasteiger partial charge in [0.15, 0.2) is 0 Å². The quantitative estimate of drug-likeness (QED) is 0.447. The Hall–Kier alpha value is -3.69. The number of nitrogens with zero attached hydrogens (tertiary/aromatic N) is 1.